The number of thiocarbonyl (C=S) groups is 1. The first kappa shape index (κ1) is 22.9. The maximum atomic E-state index is 10.5. The van der Waals surface area contributed by atoms with Gasteiger partial charge in [-0.05, 0) is 45.3 Å². The summed E-state index contributed by atoms with van der Waals surface area (Å²) >= 11 is 4.90. The molecule has 1 heterocycles. The second-order valence-corrected chi connectivity index (χ2v) is 6.91. The fourth-order valence-corrected chi connectivity index (χ4v) is 1.54. The molecule has 142 valence electrons. The van der Waals surface area contributed by atoms with Crippen molar-refractivity contribution >= 4 is 39.5 Å². The van der Waals surface area contributed by atoms with Crippen molar-refractivity contribution in [2.24, 2.45) is 10.8 Å². The first-order chi connectivity index (χ1) is 11.4. The third kappa shape index (κ3) is 12.9. The highest BCUT2D eigenvalue weighted by molar-refractivity contribution is 7.85. The number of nitrogens with zero attached hydrogens (tertiary/aromatic N) is 4. The zero-order chi connectivity index (χ0) is 19.6. The highest BCUT2D eigenvalue weighted by atomic mass is 32.2. The molecule has 0 spiro atoms. The molecule has 25 heavy (non-hydrogen) atoms. The number of hydrogen-bond acceptors (Lipinski definition) is 8. The number of furan rings is 1. The van der Waals surface area contributed by atoms with Gasteiger partial charge < -0.3 is 15.1 Å². The van der Waals surface area contributed by atoms with Crippen molar-refractivity contribution in [3.8, 4) is 0 Å². The second kappa shape index (κ2) is 10.7. The fraction of sp³-hybridized carbons (Fsp3) is 0.500. The van der Waals surface area contributed by atoms with Crippen molar-refractivity contribution < 1.29 is 22.3 Å². The van der Waals surface area contributed by atoms with E-state index in [1.165, 1.54) is 23.4 Å². The predicted octanol–water partition coefficient (Wildman–Crippen LogP) is 0.523. The first-order valence-corrected chi connectivity index (χ1v) is 9.08. The van der Waals surface area contributed by atoms with Crippen molar-refractivity contribution in [1.82, 2.24) is 9.91 Å². The summed E-state index contributed by atoms with van der Waals surface area (Å²) in [5, 5.41) is 16.1. The van der Waals surface area contributed by atoms with Gasteiger partial charge in [-0.15, -0.1) is 0 Å². The van der Waals surface area contributed by atoms with Gasteiger partial charge in [0.1, 0.15) is 4.92 Å². The third-order valence-corrected chi connectivity index (χ3v) is 2.56. The lowest BCUT2D eigenvalue weighted by molar-refractivity contribution is -0.402. The van der Waals surface area contributed by atoms with Gasteiger partial charge in [-0.25, -0.2) is 5.01 Å². The van der Waals surface area contributed by atoms with E-state index < -0.39 is 15.0 Å². The first-order valence-electron chi connectivity index (χ1n) is 6.82. The number of hydrazone groups is 1. The van der Waals surface area contributed by atoms with E-state index >= 15 is 0 Å². The van der Waals surface area contributed by atoms with Gasteiger partial charge in [0.25, 0.3) is 10.1 Å². The maximum absolute atomic E-state index is 10.5. The minimum Gasteiger partial charge on any atom is -0.400 e. The largest absolute Gasteiger partial charge is 0.433 e. The van der Waals surface area contributed by atoms with Gasteiger partial charge >= 0.3 is 5.88 Å². The van der Waals surface area contributed by atoms with E-state index in [4.69, 9.17) is 26.9 Å². The Morgan fingerprint density at radius 3 is 2.44 bits per heavy atom. The van der Waals surface area contributed by atoms with Crippen molar-refractivity contribution in [1.29, 1.82) is 0 Å². The molecule has 1 rings (SSSR count). The van der Waals surface area contributed by atoms with Crippen LogP contribution in [0.2, 0.25) is 0 Å². The van der Waals surface area contributed by atoms with Gasteiger partial charge in [0.2, 0.25) is 0 Å². The Morgan fingerprint density at radius 2 is 2.04 bits per heavy atom. The Hall–Kier alpha value is -2.09. The molecule has 0 aliphatic carbocycles. The van der Waals surface area contributed by atoms with Crippen molar-refractivity contribution in [2.75, 3.05) is 33.4 Å². The molecule has 0 fully saturated rings. The molecule has 13 heteroatoms. The molecule has 0 radical (unpaired) electrons. The average Bonchev–Trinajstić information content (AvgIpc) is 2.89. The van der Waals surface area contributed by atoms with E-state index in [-0.39, 0.29) is 16.8 Å². The van der Waals surface area contributed by atoms with Gasteiger partial charge in [-0.2, -0.15) is 13.5 Å². The van der Waals surface area contributed by atoms with Crippen LogP contribution in [0.5, 0.6) is 0 Å². The Bertz CT molecular complexity index is 693. The normalized spacial score (nSPS) is 11.2. The summed E-state index contributed by atoms with van der Waals surface area (Å²) in [6.07, 6.45) is 2.90. The van der Waals surface area contributed by atoms with Crippen LogP contribution in [0.4, 0.5) is 5.88 Å². The zero-order valence-corrected chi connectivity index (χ0v) is 15.7. The van der Waals surface area contributed by atoms with Gasteiger partial charge in [-0.1, -0.05) is 0 Å². The van der Waals surface area contributed by atoms with Crippen LogP contribution in [0.3, 0.4) is 0 Å². The van der Waals surface area contributed by atoms with Crippen molar-refractivity contribution in [3.63, 3.8) is 0 Å². The lowest BCUT2D eigenvalue weighted by Gasteiger charge is -2.17. The maximum Gasteiger partial charge on any atom is 0.433 e. The average molecular weight is 395 g/mol. The summed E-state index contributed by atoms with van der Waals surface area (Å²) in [6, 6.07) is 2.72. The quantitative estimate of drug-likeness (QED) is 0.219. The van der Waals surface area contributed by atoms with Crippen LogP contribution in [0.1, 0.15) is 12.2 Å². The summed E-state index contributed by atoms with van der Waals surface area (Å²) in [5.41, 5.74) is 5.56. The standard InChI is InChI=1S/C11H17N5O3S.CH4O3S/c1-14(2)6-3-7-15(11(12)20)13-8-9-4-5-10(19-9)16(17)18;1-5(2,3)4/h4-5,8H,3,6-7H2,1-2H3,(H2,12,20);1H3,(H,2,3,4)/b13-8-;. The predicted molar refractivity (Wildman–Crippen MR) is 97.1 cm³/mol. The molecule has 1 aromatic rings. The van der Waals surface area contributed by atoms with Crippen LogP contribution in [0.15, 0.2) is 21.7 Å². The summed E-state index contributed by atoms with van der Waals surface area (Å²) in [4.78, 5) is 11.9. The van der Waals surface area contributed by atoms with Crippen LogP contribution in [0.25, 0.3) is 0 Å². The molecule has 0 aliphatic rings. The summed E-state index contributed by atoms with van der Waals surface area (Å²) in [6.45, 7) is 1.44. The van der Waals surface area contributed by atoms with Gasteiger partial charge in [0, 0.05) is 6.54 Å². The molecule has 0 saturated heterocycles. The molecule has 0 bridgehead atoms. The molecule has 0 amide bonds. The molecule has 0 saturated carbocycles. The SMILES string of the molecule is CN(C)CCCN(/N=C\c1ccc([N+](=O)[O-])o1)C(N)=S.CS(=O)(=O)O. The minimum atomic E-state index is -3.67. The molecular formula is C12H21N5O6S2. The Morgan fingerprint density at radius 1 is 1.48 bits per heavy atom. The molecule has 0 aliphatic heterocycles. The minimum absolute atomic E-state index is 0.140. The van der Waals surface area contributed by atoms with Gasteiger partial charge in [-0.3, -0.25) is 14.7 Å². The lowest BCUT2D eigenvalue weighted by atomic mass is 10.4. The van der Waals surface area contributed by atoms with E-state index in [1.54, 1.807) is 0 Å². The van der Waals surface area contributed by atoms with E-state index in [9.17, 15) is 18.5 Å². The van der Waals surface area contributed by atoms with Crippen molar-refractivity contribution in [3.05, 3.63) is 28.0 Å². The Kier molecular flexibility index (Phi) is 9.81. The van der Waals surface area contributed by atoms with E-state index in [0.29, 0.717) is 12.8 Å². The summed E-state index contributed by atoms with van der Waals surface area (Å²) in [5.74, 6) is -0.0634. The highest BCUT2D eigenvalue weighted by Gasteiger charge is 2.11. The van der Waals surface area contributed by atoms with Crippen LogP contribution in [0, 0.1) is 10.1 Å². The molecule has 0 aromatic carbocycles. The Balaban J connectivity index is 0.00000101. The lowest BCUT2D eigenvalue weighted by Crippen LogP contribution is -2.33. The molecular weight excluding hydrogens is 374 g/mol. The third-order valence-electron chi connectivity index (χ3n) is 2.35. The van der Waals surface area contributed by atoms with Crippen LogP contribution >= 0.6 is 12.2 Å². The second-order valence-electron chi connectivity index (χ2n) is 5.03. The molecule has 0 unspecified atom stereocenters. The van der Waals surface area contributed by atoms with Crippen molar-refractivity contribution in [2.45, 2.75) is 6.42 Å². The summed E-state index contributed by atoms with van der Waals surface area (Å²) in [7, 11) is 0.271. The highest BCUT2D eigenvalue weighted by Crippen LogP contribution is 2.14. The Labute approximate surface area is 151 Å². The molecule has 0 atom stereocenters. The number of nitrogens with two attached hydrogens (primary N) is 1. The summed E-state index contributed by atoms with van der Waals surface area (Å²) < 4.78 is 30.8. The van der Waals surface area contributed by atoms with Crippen LogP contribution in [-0.2, 0) is 10.1 Å². The monoisotopic (exact) mass is 395 g/mol. The van der Waals surface area contributed by atoms with E-state index in [2.05, 4.69) is 5.10 Å². The topological polar surface area (TPSA) is 156 Å². The van der Waals surface area contributed by atoms with Crippen LogP contribution < -0.4 is 5.73 Å². The number of rotatable bonds is 7. The fourth-order valence-electron chi connectivity index (χ4n) is 1.40. The molecule has 1 aromatic heterocycles. The van der Waals surface area contributed by atoms with E-state index in [1.807, 2.05) is 19.0 Å². The molecule has 3 N–H and O–H groups in total. The zero-order valence-electron chi connectivity index (χ0n) is 14.0. The smallest absolute Gasteiger partial charge is 0.400 e. The molecule has 11 nitrogen and oxygen atoms in total. The number of hydrogen-bond donors (Lipinski definition) is 2. The van der Waals surface area contributed by atoms with Gasteiger partial charge in [0.05, 0.1) is 18.5 Å². The van der Waals surface area contributed by atoms with E-state index in [0.717, 1.165) is 13.0 Å². The number of nitro groups is 1. The van der Waals surface area contributed by atoms with Crippen LogP contribution in [-0.4, -0.2) is 72.6 Å². The van der Waals surface area contributed by atoms with Gasteiger partial charge in [0.15, 0.2) is 10.9 Å².